The Bertz CT molecular complexity index is 499. The van der Waals surface area contributed by atoms with E-state index in [1.54, 1.807) is 6.07 Å². The molecule has 0 spiro atoms. The Morgan fingerprint density at radius 2 is 2.18 bits per heavy atom. The van der Waals surface area contributed by atoms with Gasteiger partial charge in [-0.2, -0.15) is 0 Å². The molecule has 0 aliphatic heterocycles. The summed E-state index contributed by atoms with van der Waals surface area (Å²) in [5, 5.41) is 8.71. The SMILES string of the molecule is O=C(NCc1ccccc1Br)Nc1ccno1. The lowest BCUT2D eigenvalue weighted by Gasteiger charge is -2.06. The van der Waals surface area contributed by atoms with Crippen molar-refractivity contribution in [1.29, 1.82) is 0 Å². The molecule has 0 bridgehead atoms. The molecule has 0 atom stereocenters. The second kappa shape index (κ2) is 5.49. The fourth-order valence-electron chi connectivity index (χ4n) is 1.25. The molecule has 0 fully saturated rings. The van der Waals surface area contributed by atoms with E-state index in [1.807, 2.05) is 24.3 Å². The van der Waals surface area contributed by atoms with Crippen LogP contribution in [-0.4, -0.2) is 11.2 Å². The van der Waals surface area contributed by atoms with Crippen LogP contribution in [-0.2, 0) is 6.54 Å². The van der Waals surface area contributed by atoms with Crippen LogP contribution in [0, 0.1) is 0 Å². The van der Waals surface area contributed by atoms with Crippen molar-refractivity contribution in [2.45, 2.75) is 6.54 Å². The van der Waals surface area contributed by atoms with Gasteiger partial charge < -0.3 is 9.84 Å². The van der Waals surface area contributed by atoms with Gasteiger partial charge in [-0.1, -0.05) is 39.3 Å². The number of amides is 2. The monoisotopic (exact) mass is 295 g/mol. The van der Waals surface area contributed by atoms with Crippen LogP contribution in [0.25, 0.3) is 0 Å². The quantitative estimate of drug-likeness (QED) is 0.915. The minimum Gasteiger partial charge on any atom is -0.338 e. The van der Waals surface area contributed by atoms with Crippen molar-refractivity contribution in [3.8, 4) is 0 Å². The first-order valence-electron chi connectivity index (χ1n) is 4.94. The van der Waals surface area contributed by atoms with Gasteiger partial charge in [0.15, 0.2) is 0 Å². The van der Waals surface area contributed by atoms with Crippen molar-refractivity contribution in [3.05, 3.63) is 46.6 Å². The largest absolute Gasteiger partial charge is 0.338 e. The van der Waals surface area contributed by atoms with Crippen molar-refractivity contribution in [3.63, 3.8) is 0 Å². The Morgan fingerprint density at radius 1 is 1.35 bits per heavy atom. The summed E-state index contributed by atoms with van der Waals surface area (Å²) in [6.45, 7) is 0.432. The van der Waals surface area contributed by atoms with Gasteiger partial charge in [0, 0.05) is 17.1 Å². The highest BCUT2D eigenvalue weighted by Gasteiger charge is 2.05. The Labute approximate surface area is 106 Å². The first-order valence-corrected chi connectivity index (χ1v) is 5.74. The smallest absolute Gasteiger partial charge is 0.321 e. The highest BCUT2D eigenvalue weighted by atomic mass is 79.9. The summed E-state index contributed by atoms with van der Waals surface area (Å²) < 4.78 is 5.71. The number of anilines is 1. The van der Waals surface area contributed by atoms with E-state index in [2.05, 4.69) is 31.7 Å². The number of benzene rings is 1. The van der Waals surface area contributed by atoms with Gasteiger partial charge in [-0.3, -0.25) is 5.32 Å². The van der Waals surface area contributed by atoms with E-state index >= 15 is 0 Å². The number of nitrogens with one attached hydrogen (secondary N) is 2. The Kier molecular flexibility index (Phi) is 3.77. The van der Waals surface area contributed by atoms with Gasteiger partial charge in [0.25, 0.3) is 0 Å². The fraction of sp³-hybridized carbons (Fsp3) is 0.0909. The van der Waals surface area contributed by atoms with Gasteiger partial charge in [0.05, 0.1) is 6.20 Å². The number of nitrogens with zero attached hydrogens (tertiary/aromatic N) is 1. The highest BCUT2D eigenvalue weighted by Crippen LogP contribution is 2.15. The standard InChI is InChI=1S/C11H10BrN3O2/c12-9-4-2-1-3-8(9)7-13-11(16)15-10-5-6-14-17-10/h1-6H,7H2,(H2,13,15,16). The molecule has 2 amide bonds. The van der Waals surface area contributed by atoms with E-state index in [1.165, 1.54) is 6.20 Å². The molecule has 2 N–H and O–H groups in total. The Balaban J connectivity index is 1.86. The van der Waals surface area contributed by atoms with E-state index in [-0.39, 0.29) is 6.03 Å². The van der Waals surface area contributed by atoms with Crippen LogP contribution in [0.2, 0.25) is 0 Å². The van der Waals surface area contributed by atoms with Gasteiger partial charge in [0.2, 0.25) is 5.88 Å². The number of rotatable bonds is 3. The first kappa shape index (κ1) is 11.7. The number of hydrogen-bond acceptors (Lipinski definition) is 3. The van der Waals surface area contributed by atoms with E-state index < -0.39 is 0 Å². The molecule has 17 heavy (non-hydrogen) atoms. The van der Waals surface area contributed by atoms with Gasteiger partial charge >= 0.3 is 6.03 Å². The van der Waals surface area contributed by atoms with E-state index in [0.717, 1.165) is 10.0 Å². The van der Waals surface area contributed by atoms with Gasteiger partial charge in [-0.05, 0) is 11.6 Å². The summed E-state index contributed by atoms with van der Waals surface area (Å²) in [5.74, 6) is 0.314. The third kappa shape index (κ3) is 3.32. The lowest BCUT2D eigenvalue weighted by molar-refractivity contribution is 0.251. The molecule has 88 valence electrons. The normalized spacial score (nSPS) is 9.94. The molecule has 5 nitrogen and oxygen atoms in total. The van der Waals surface area contributed by atoms with Crippen LogP contribution in [0.15, 0.2) is 45.5 Å². The summed E-state index contributed by atoms with van der Waals surface area (Å²) in [6, 6.07) is 8.91. The van der Waals surface area contributed by atoms with Crippen molar-refractivity contribution >= 4 is 27.8 Å². The third-order valence-electron chi connectivity index (χ3n) is 2.07. The average Bonchev–Trinajstić information content (AvgIpc) is 2.81. The molecular formula is C11H10BrN3O2. The lowest BCUT2D eigenvalue weighted by Crippen LogP contribution is -2.28. The molecule has 0 aliphatic carbocycles. The van der Waals surface area contributed by atoms with Crippen LogP contribution in [0.5, 0.6) is 0 Å². The van der Waals surface area contributed by atoms with Gasteiger partial charge in [0.1, 0.15) is 0 Å². The highest BCUT2D eigenvalue weighted by molar-refractivity contribution is 9.10. The van der Waals surface area contributed by atoms with Crippen molar-refractivity contribution in [2.75, 3.05) is 5.32 Å². The van der Waals surface area contributed by atoms with E-state index in [4.69, 9.17) is 4.52 Å². The van der Waals surface area contributed by atoms with Gasteiger partial charge in [-0.15, -0.1) is 0 Å². The van der Waals surface area contributed by atoms with Crippen LogP contribution >= 0.6 is 15.9 Å². The predicted octanol–water partition coefficient (Wildman–Crippen LogP) is 2.76. The Hall–Kier alpha value is -1.82. The summed E-state index contributed by atoms with van der Waals surface area (Å²) >= 11 is 3.41. The van der Waals surface area contributed by atoms with Crippen LogP contribution < -0.4 is 10.6 Å². The number of hydrogen-bond donors (Lipinski definition) is 2. The average molecular weight is 296 g/mol. The number of halogens is 1. The van der Waals surface area contributed by atoms with E-state index in [9.17, 15) is 4.79 Å². The molecule has 2 aromatic rings. The van der Waals surface area contributed by atoms with Gasteiger partial charge in [-0.25, -0.2) is 4.79 Å². The molecule has 6 heteroatoms. The minimum absolute atomic E-state index is 0.314. The zero-order valence-electron chi connectivity index (χ0n) is 8.81. The molecule has 1 aromatic carbocycles. The van der Waals surface area contributed by atoms with E-state index in [0.29, 0.717) is 12.4 Å². The number of carbonyl (C=O) groups excluding carboxylic acids is 1. The maximum Gasteiger partial charge on any atom is 0.321 e. The summed E-state index contributed by atoms with van der Waals surface area (Å²) in [4.78, 5) is 11.5. The Morgan fingerprint density at radius 3 is 2.88 bits per heavy atom. The maximum atomic E-state index is 11.5. The molecule has 0 saturated carbocycles. The van der Waals surface area contributed by atoms with Crippen LogP contribution in [0.1, 0.15) is 5.56 Å². The molecular weight excluding hydrogens is 286 g/mol. The van der Waals surface area contributed by atoms with Crippen LogP contribution in [0.4, 0.5) is 10.7 Å². The molecule has 0 radical (unpaired) electrons. The summed E-state index contributed by atoms with van der Waals surface area (Å²) in [6.07, 6.45) is 1.46. The minimum atomic E-state index is -0.336. The first-order chi connectivity index (χ1) is 8.25. The molecule has 0 aliphatic rings. The van der Waals surface area contributed by atoms with Crippen molar-refractivity contribution < 1.29 is 9.32 Å². The second-order valence-corrected chi connectivity index (χ2v) is 4.13. The third-order valence-corrected chi connectivity index (χ3v) is 2.85. The van der Waals surface area contributed by atoms with Crippen molar-refractivity contribution in [2.24, 2.45) is 0 Å². The fourth-order valence-corrected chi connectivity index (χ4v) is 1.68. The summed E-state index contributed by atoms with van der Waals surface area (Å²) in [5.41, 5.74) is 1.00. The molecule has 1 heterocycles. The second-order valence-electron chi connectivity index (χ2n) is 3.28. The summed E-state index contributed by atoms with van der Waals surface area (Å²) in [7, 11) is 0. The molecule has 1 aromatic heterocycles. The maximum absolute atomic E-state index is 11.5. The molecule has 0 saturated heterocycles. The number of aromatic nitrogens is 1. The number of urea groups is 1. The zero-order chi connectivity index (χ0) is 12.1. The topological polar surface area (TPSA) is 67.2 Å². The van der Waals surface area contributed by atoms with Crippen LogP contribution in [0.3, 0.4) is 0 Å². The predicted molar refractivity (Wildman–Crippen MR) is 66.5 cm³/mol. The lowest BCUT2D eigenvalue weighted by atomic mass is 10.2. The zero-order valence-corrected chi connectivity index (χ0v) is 10.4. The van der Waals surface area contributed by atoms with Crippen molar-refractivity contribution in [1.82, 2.24) is 10.5 Å². The molecule has 0 unspecified atom stereocenters. The molecule has 2 rings (SSSR count). The number of carbonyl (C=O) groups is 1.